The number of benzene rings is 1. The van der Waals surface area contributed by atoms with Crippen molar-refractivity contribution in [3.05, 3.63) is 34.3 Å². The van der Waals surface area contributed by atoms with Gasteiger partial charge in [-0.1, -0.05) is 37.1 Å². The molecule has 0 radical (unpaired) electrons. The first kappa shape index (κ1) is 16.3. The fourth-order valence-corrected chi connectivity index (χ4v) is 3.17. The smallest absolute Gasteiger partial charge is 0.252 e. The molecule has 0 unspecified atom stereocenters. The van der Waals surface area contributed by atoms with Gasteiger partial charge in [0.1, 0.15) is 0 Å². The van der Waals surface area contributed by atoms with Gasteiger partial charge in [0.15, 0.2) is 0 Å². The topological polar surface area (TPSA) is 49.3 Å². The van der Waals surface area contributed by atoms with Gasteiger partial charge in [-0.15, -0.1) is 0 Å². The Bertz CT molecular complexity index is 508. The van der Waals surface area contributed by atoms with Gasteiger partial charge in [-0.2, -0.15) is 0 Å². The number of halogens is 1. The molecule has 116 valence electrons. The number of rotatable bonds is 4. The molecule has 0 saturated heterocycles. The first-order chi connectivity index (χ1) is 9.95. The van der Waals surface area contributed by atoms with E-state index in [1.165, 1.54) is 6.42 Å². The van der Waals surface area contributed by atoms with Gasteiger partial charge in [-0.3, -0.25) is 4.79 Å². The van der Waals surface area contributed by atoms with Crippen LogP contribution >= 0.6 is 11.6 Å². The van der Waals surface area contributed by atoms with Gasteiger partial charge in [-0.25, -0.2) is 0 Å². The third kappa shape index (κ3) is 3.98. The minimum absolute atomic E-state index is 0.213. The molecule has 0 atom stereocenters. The maximum atomic E-state index is 12.2. The van der Waals surface area contributed by atoms with Crippen molar-refractivity contribution in [2.45, 2.75) is 51.6 Å². The van der Waals surface area contributed by atoms with Gasteiger partial charge in [0.05, 0.1) is 16.2 Å². The Hall–Kier alpha value is -1.06. The van der Waals surface area contributed by atoms with E-state index in [9.17, 15) is 9.90 Å². The van der Waals surface area contributed by atoms with Crippen LogP contribution < -0.4 is 5.32 Å². The second kappa shape index (κ2) is 6.80. The number of aliphatic hydroxyl groups is 1. The molecule has 1 saturated carbocycles. The van der Waals surface area contributed by atoms with Crippen LogP contribution in [0.15, 0.2) is 18.2 Å². The van der Waals surface area contributed by atoms with Gasteiger partial charge in [0, 0.05) is 6.54 Å². The van der Waals surface area contributed by atoms with E-state index < -0.39 is 5.60 Å². The van der Waals surface area contributed by atoms with Crippen LogP contribution in [-0.4, -0.2) is 23.2 Å². The third-order valence-electron chi connectivity index (χ3n) is 4.63. The summed E-state index contributed by atoms with van der Waals surface area (Å²) in [5.74, 6) is 0.502. The van der Waals surface area contributed by atoms with Crippen LogP contribution in [0.3, 0.4) is 0 Å². The van der Waals surface area contributed by atoms with Crippen molar-refractivity contribution in [2.24, 2.45) is 5.92 Å². The summed E-state index contributed by atoms with van der Waals surface area (Å²) in [6.07, 6.45) is 4.75. The highest BCUT2D eigenvalue weighted by Gasteiger charge is 2.33. The lowest BCUT2D eigenvalue weighted by Crippen LogP contribution is -2.45. The Kier molecular flexibility index (Phi) is 5.28. The molecular formula is C17H24ClNO2. The van der Waals surface area contributed by atoms with Crippen LogP contribution in [0.4, 0.5) is 0 Å². The van der Waals surface area contributed by atoms with E-state index in [-0.39, 0.29) is 5.91 Å². The van der Waals surface area contributed by atoms with Crippen molar-refractivity contribution in [1.82, 2.24) is 5.32 Å². The fourth-order valence-electron chi connectivity index (χ4n) is 2.96. The van der Waals surface area contributed by atoms with Gasteiger partial charge in [0.2, 0.25) is 0 Å². The Morgan fingerprint density at radius 2 is 2.10 bits per heavy atom. The fraction of sp³-hybridized carbons (Fsp3) is 0.588. The largest absolute Gasteiger partial charge is 0.388 e. The zero-order valence-corrected chi connectivity index (χ0v) is 13.5. The zero-order chi connectivity index (χ0) is 15.5. The van der Waals surface area contributed by atoms with E-state index in [0.29, 0.717) is 23.0 Å². The van der Waals surface area contributed by atoms with Crippen molar-refractivity contribution >= 4 is 17.5 Å². The van der Waals surface area contributed by atoms with Gasteiger partial charge in [-0.05, 0) is 50.2 Å². The molecule has 0 spiro atoms. The Morgan fingerprint density at radius 3 is 2.71 bits per heavy atom. The molecule has 2 rings (SSSR count). The summed E-state index contributed by atoms with van der Waals surface area (Å²) in [6.45, 7) is 4.36. The van der Waals surface area contributed by atoms with Crippen molar-refractivity contribution < 1.29 is 9.90 Å². The maximum absolute atomic E-state index is 12.2. The summed E-state index contributed by atoms with van der Waals surface area (Å²) < 4.78 is 0. The molecule has 4 heteroatoms. The molecule has 2 N–H and O–H groups in total. The molecule has 1 fully saturated rings. The lowest BCUT2D eigenvalue weighted by molar-refractivity contribution is -0.00786. The minimum atomic E-state index is -0.766. The van der Waals surface area contributed by atoms with Crippen LogP contribution in [-0.2, 0) is 0 Å². The molecule has 0 heterocycles. The van der Waals surface area contributed by atoms with Crippen LogP contribution in [0.25, 0.3) is 0 Å². The quantitative estimate of drug-likeness (QED) is 0.890. The number of amides is 1. The highest BCUT2D eigenvalue weighted by molar-refractivity contribution is 6.34. The van der Waals surface area contributed by atoms with Crippen LogP contribution in [0, 0.1) is 12.8 Å². The molecule has 3 nitrogen and oxygen atoms in total. The minimum Gasteiger partial charge on any atom is -0.388 e. The molecule has 1 aliphatic carbocycles. The predicted octanol–water partition coefficient (Wildman–Crippen LogP) is 3.71. The van der Waals surface area contributed by atoms with Crippen molar-refractivity contribution in [1.29, 1.82) is 0 Å². The second-order valence-electron chi connectivity index (χ2n) is 6.20. The lowest BCUT2D eigenvalue weighted by Gasteiger charge is -2.35. The van der Waals surface area contributed by atoms with Gasteiger partial charge in [0.25, 0.3) is 5.91 Å². The molecule has 1 aliphatic rings. The summed E-state index contributed by atoms with van der Waals surface area (Å²) in [4.78, 5) is 12.2. The van der Waals surface area contributed by atoms with E-state index >= 15 is 0 Å². The van der Waals surface area contributed by atoms with E-state index in [2.05, 4.69) is 12.2 Å². The average Bonchev–Trinajstić information content (AvgIpc) is 2.49. The highest BCUT2D eigenvalue weighted by atomic mass is 35.5. The van der Waals surface area contributed by atoms with Gasteiger partial charge < -0.3 is 10.4 Å². The summed E-state index contributed by atoms with van der Waals surface area (Å²) in [6, 6.07) is 5.40. The third-order valence-corrected chi connectivity index (χ3v) is 5.13. The summed E-state index contributed by atoms with van der Waals surface area (Å²) >= 11 is 6.16. The van der Waals surface area contributed by atoms with E-state index in [1.54, 1.807) is 6.07 Å². The number of hydrogen-bond acceptors (Lipinski definition) is 2. The summed E-state index contributed by atoms with van der Waals surface area (Å²) in [7, 11) is 0. The van der Waals surface area contributed by atoms with E-state index in [0.717, 1.165) is 31.2 Å². The summed E-state index contributed by atoms with van der Waals surface area (Å²) in [5, 5.41) is 13.9. The predicted molar refractivity (Wildman–Crippen MR) is 85.7 cm³/mol. The summed E-state index contributed by atoms with van der Waals surface area (Å²) in [5.41, 5.74) is 0.589. The highest BCUT2D eigenvalue weighted by Crippen LogP contribution is 2.33. The van der Waals surface area contributed by atoms with Crippen molar-refractivity contribution in [3.63, 3.8) is 0 Å². The average molecular weight is 310 g/mol. The first-order valence-electron chi connectivity index (χ1n) is 7.71. The van der Waals surface area contributed by atoms with E-state index in [1.807, 2.05) is 19.1 Å². The standard InChI is InChI=1S/C17H24ClNO2/c1-3-13-7-9-17(21,10-8-13)11-19-16(20)14-6-4-5-12(2)15(14)18/h4-6,13,21H,3,7-11H2,1-2H3,(H,19,20). The van der Waals surface area contributed by atoms with Crippen LogP contribution in [0.2, 0.25) is 5.02 Å². The van der Waals surface area contributed by atoms with E-state index in [4.69, 9.17) is 11.6 Å². The van der Waals surface area contributed by atoms with Crippen LogP contribution in [0.5, 0.6) is 0 Å². The van der Waals surface area contributed by atoms with Crippen LogP contribution in [0.1, 0.15) is 54.9 Å². The Morgan fingerprint density at radius 1 is 1.43 bits per heavy atom. The maximum Gasteiger partial charge on any atom is 0.252 e. The first-order valence-corrected chi connectivity index (χ1v) is 8.08. The molecule has 1 aromatic rings. The number of carbonyl (C=O) groups excluding carboxylic acids is 1. The Balaban J connectivity index is 1.94. The van der Waals surface area contributed by atoms with Gasteiger partial charge >= 0.3 is 0 Å². The second-order valence-corrected chi connectivity index (χ2v) is 6.57. The zero-order valence-electron chi connectivity index (χ0n) is 12.8. The monoisotopic (exact) mass is 309 g/mol. The molecule has 1 amide bonds. The molecular weight excluding hydrogens is 286 g/mol. The molecule has 21 heavy (non-hydrogen) atoms. The van der Waals surface area contributed by atoms with Crippen molar-refractivity contribution in [2.75, 3.05) is 6.54 Å². The normalized spacial score (nSPS) is 25.6. The Labute approximate surface area is 131 Å². The molecule has 0 aliphatic heterocycles. The number of aryl methyl sites for hydroxylation is 1. The number of nitrogens with one attached hydrogen (secondary N) is 1. The molecule has 1 aromatic carbocycles. The number of carbonyl (C=O) groups is 1. The number of hydrogen-bond donors (Lipinski definition) is 2. The molecule has 0 aromatic heterocycles. The lowest BCUT2D eigenvalue weighted by atomic mass is 9.78. The SMILES string of the molecule is CCC1CCC(O)(CNC(=O)c2cccc(C)c2Cl)CC1. The van der Waals surface area contributed by atoms with Crippen molar-refractivity contribution in [3.8, 4) is 0 Å². The molecule has 0 bridgehead atoms.